The van der Waals surface area contributed by atoms with Gasteiger partial charge < -0.3 is 9.84 Å². The number of hydrogen-bond donors (Lipinski definition) is 1. The Morgan fingerprint density at radius 3 is 2.73 bits per heavy atom. The lowest BCUT2D eigenvalue weighted by Crippen LogP contribution is -2.24. The van der Waals surface area contributed by atoms with Crippen LogP contribution in [-0.2, 0) is 22.0 Å². The molecule has 1 N–H and O–H groups in total. The quantitative estimate of drug-likeness (QED) is 0.844. The van der Waals surface area contributed by atoms with Crippen LogP contribution in [0.2, 0.25) is 0 Å². The molecular formula is C13H20ClN3O3S2. The molecule has 2 rings (SSSR count). The highest BCUT2D eigenvalue weighted by Crippen LogP contribution is 2.31. The Bertz CT molecular complexity index is 725. The van der Waals surface area contributed by atoms with Crippen molar-refractivity contribution in [2.24, 2.45) is 0 Å². The first-order chi connectivity index (χ1) is 9.78. The molecule has 0 amide bonds. The third-order valence-electron chi connectivity index (χ3n) is 3.10. The lowest BCUT2D eigenvalue weighted by molar-refractivity contribution is 0.419. The summed E-state index contributed by atoms with van der Waals surface area (Å²) in [6.07, 6.45) is 1.91. The number of aromatic nitrogens is 2. The molecule has 0 radical (unpaired) electrons. The first-order valence-corrected chi connectivity index (χ1v) is 9.43. The summed E-state index contributed by atoms with van der Waals surface area (Å²) in [5.41, 5.74) is 0.792. The van der Waals surface area contributed by atoms with Crippen LogP contribution in [0, 0.1) is 6.92 Å². The normalized spacial score (nSPS) is 12.9. The second kappa shape index (κ2) is 7.54. The van der Waals surface area contributed by atoms with Gasteiger partial charge >= 0.3 is 0 Å². The fourth-order valence-corrected chi connectivity index (χ4v) is 3.78. The van der Waals surface area contributed by atoms with Crippen LogP contribution >= 0.6 is 23.7 Å². The minimum absolute atomic E-state index is 0. The fourth-order valence-electron chi connectivity index (χ4n) is 1.86. The summed E-state index contributed by atoms with van der Waals surface area (Å²) in [7, 11) is -1.17. The first-order valence-electron chi connectivity index (χ1n) is 6.55. The minimum atomic E-state index is -3.05. The maximum atomic E-state index is 11.4. The van der Waals surface area contributed by atoms with Gasteiger partial charge in [-0.1, -0.05) is 5.16 Å². The SMILES string of the molecule is CNC(C)Cc1noc(-c2cc(CS(C)(=O)=O)c(C)s2)n1.Cl. The van der Waals surface area contributed by atoms with Gasteiger partial charge in [0.2, 0.25) is 0 Å². The number of likely N-dealkylation sites (N-methyl/N-ethyl adjacent to an activating group) is 1. The van der Waals surface area contributed by atoms with E-state index in [1.165, 1.54) is 17.6 Å². The van der Waals surface area contributed by atoms with Gasteiger partial charge in [0, 0.05) is 23.6 Å². The molecule has 0 saturated heterocycles. The summed E-state index contributed by atoms with van der Waals surface area (Å²) in [5.74, 6) is 1.12. The van der Waals surface area contributed by atoms with E-state index in [4.69, 9.17) is 4.52 Å². The van der Waals surface area contributed by atoms with Gasteiger partial charge in [0.15, 0.2) is 15.7 Å². The largest absolute Gasteiger partial charge is 0.333 e. The molecule has 0 saturated carbocycles. The molecular weight excluding hydrogens is 346 g/mol. The number of nitrogens with zero attached hydrogens (tertiary/aromatic N) is 2. The van der Waals surface area contributed by atoms with Crippen molar-refractivity contribution in [3.05, 3.63) is 22.3 Å². The van der Waals surface area contributed by atoms with Crippen molar-refractivity contribution in [2.75, 3.05) is 13.3 Å². The number of hydrogen-bond acceptors (Lipinski definition) is 7. The summed E-state index contributed by atoms with van der Waals surface area (Å²) in [5, 5.41) is 7.07. The van der Waals surface area contributed by atoms with Gasteiger partial charge in [-0.05, 0) is 32.5 Å². The zero-order chi connectivity index (χ0) is 15.6. The maximum Gasteiger partial charge on any atom is 0.268 e. The van der Waals surface area contributed by atoms with E-state index >= 15 is 0 Å². The number of halogens is 1. The van der Waals surface area contributed by atoms with Crippen LogP contribution in [0.3, 0.4) is 0 Å². The summed E-state index contributed by atoms with van der Waals surface area (Å²) >= 11 is 1.47. The Morgan fingerprint density at radius 1 is 1.45 bits per heavy atom. The van der Waals surface area contributed by atoms with Gasteiger partial charge in [0.25, 0.3) is 5.89 Å². The molecule has 0 fully saturated rings. The Hall–Kier alpha value is -0.960. The maximum absolute atomic E-state index is 11.4. The van der Waals surface area contributed by atoms with E-state index in [1.807, 2.05) is 27.0 Å². The van der Waals surface area contributed by atoms with Crippen LogP contribution < -0.4 is 5.32 Å². The van der Waals surface area contributed by atoms with Crippen molar-refractivity contribution < 1.29 is 12.9 Å². The third-order valence-corrected chi connectivity index (χ3v) is 5.01. The van der Waals surface area contributed by atoms with Crippen molar-refractivity contribution >= 4 is 33.6 Å². The second-order valence-corrected chi connectivity index (χ2v) is 8.57. The number of nitrogens with one attached hydrogen (secondary N) is 1. The van der Waals surface area contributed by atoms with Crippen molar-refractivity contribution in [2.45, 2.75) is 32.1 Å². The predicted molar refractivity (Wildman–Crippen MR) is 90.4 cm³/mol. The highest BCUT2D eigenvalue weighted by atomic mass is 35.5. The van der Waals surface area contributed by atoms with Crippen LogP contribution in [0.5, 0.6) is 0 Å². The molecule has 1 atom stereocenters. The molecule has 2 aromatic rings. The predicted octanol–water partition coefficient (Wildman–Crippen LogP) is 2.22. The number of rotatable bonds is 6. The molecule has 1 unspecified atom stereocenters. The number of sulfone groups is 1. The van der Waals surface area contributed by atoms with E-state index in [0.717, 1.165) is 15.3 Å². The zero-order valence-electron chi connectivity index (χ0n) is 12.9. The topological polar surface area (TPSA) is 85.1 Å². The molecule has 0 aliphatic heterocycles. The van der Waals surface area contributed by atoms with Crippen molar-refractivity contribution in [1.29, 1.82) is 0 Å². The van der Waals surface area contributed by atoms with E-state index in [9.17, 15) is 8.42 Å². The van der Waals surface area contributed by atoms with Gasteiger partial charge in [0.05, 0.1) is 10.6 Å². The van der Waals surface area contributed by atoms with Crippen LogP contribution in [0.15, 0.2) is 10.6 Å². The number of aryl methyl sites for hydroxylation is 1. The van der Waals surface area contributed by atoms with Crippen LogP contribution in [0.4, 0.5) is 0 Å². The monoisotopic (exact) mass is 365 g/mol. The summed E-state index contributed by atoms with van der Waals surface area (Å²) in [6, 6.07) is 2.08. The van der Waals surface area contributed by atoms with Gasteiger partial charge in [-0.2, -0.15) is 4.98 Å². The average Bonchev–Trinajstić information content (AvgIpc) is 2.95. The summed E-state index contributed by atoms with van der Waals surface area (Å²) in [4.78, 5) is 6.13. The molecule has 22 heavy (non-hydrogen) atoms. The molecule has 0 spiro atoms. The van der Waals surface area contributed by atoms with Crippen molar-refractivity contribution in [3.8, 4) is 10.8 Å². The average molecular weight is 366 g/mol. The molecule has 0 aliphatic carbocycles. The molecule has 2 aromatic heterocycles. The molecule has 0 aromatic carbocycles. The van der Waals surface area contributed by atoms with E-state index in [0.29, 0.717) is 18.1 Å². The van der Waals surface area contributed by atoms with E-state index < -0.39 is 9.84 Å². The molecule has 6 nitrogen and oxygen atoms in total. The van der Waals surface area contributed by atoms with Crippen molar-refractivity contribution in [3.63, 3.8) is 0 Å². The number of thiophene rings is 1. The summed E-state index contributed by atoms with van der Waals surface area (Å²) < 4.78 is 28.1. The van der Waals surface area contributed by atoms with Gasteiger partial charge in [-0.3, -0.25) is 0 Å². The van der Waals surface area contributed by atoms with Gasteiger partial charge in [-0.25, -0.2) is 8.42 Å². The van der Waals surface area contributed by atoms with E-state index in [1.54, 1.807) is 0 Å². The van der Waals surface area contributed by atoms with Crippen molar-refractivity contribution in [1.82, 2.24) is 15.5 Å². The standard InChI is InChI=1S/C13H19N3O3S2.ClH/c1-8(14-3)5-12-15-13(19-16-12)11-6-10(9(2)20-11)7-21(4,17)18;/h6,8,14H,5,7H2,1-4H3;1H. The minimum Gasteiger partial charge on any atom is -0.333 e. The fraction of sp³-hybridized carbons (Fsp3) is 0.538. The Morgan fingerprint density at radius 2 is 2.14 bits per heavy atom. The van der Waals surface area contributed by atoms with Crippen LogP contribution in [0.25, 0.3) is 10.8 Å². The molecule has 124 valence electrons. The first kappa shape index (κ1) is 19.1. The van der Waals surface area contributed by atoms with Crippen LogP contribution in [0.1, 0.15) is 23.2 Å². The zero-order valence-corrected chi connectivity index (χ0v) is 15.4. The molecule has 2 heterocycles. The molecule has 0 aliphatic rings. The Kier molecular flexibility index (Phi) is 6.54. The molecule has 0 bridgehead atoms. The highest BCUT2D eigenvalue weighted by Gasteiger charge is 2.17. The lowest BCUT2D eigenvalue weighted by atomic mass is 10.2. The Labute approximate surface area is 140 Å². The van der Waals surface area contributed by atoms with Gasteiger partial charge in [-0.15, -0.1) is 23.7 Å². The Balaban J connectivity index is 0.00000242. The summed E-state index contributed by atoms with van der Waals surface area (Å²) in [6.45, 7) is 3.94. The third kappa shape index (κ3) is 5.05. The second-order valence-electron chi connectivity index (χ2n) is 5.17. The smallest absolute Gasteiger partial charge is 0.268 e. The molecule has 9 heteroatoms. The van der Waals surface area contributed by atoms with E-state index in [-0.39, 0.29) is 24.2 Å². The van der Waals surface area contributed by atoms with Gasteiger partial charge in [0.1, 0.15) is 0 Å². The van der Waals surface area contributed by atoms with Crippen LogP contribution in [-0.4, -0.2) is 37.9 Å². The lowest BCUT2D eigenvalue weighted by Gasteiger charge is -2.04. The highest BCUT2D eigenvalue weighted by molar-refractivity contribution is 7.89. The van der Waals surface area contributed by atoms with E-state index in [2.05, 4.69) is 15.5 Å².